The number of aliphatic carboxylic acids is 1. The Labute approximate surface area is 218 Å². The molecule has 2 heterocycles. The van der Waals surface area contributed by atoms with E-state index in [0.717, 1.165) is 26.8 Å². The van der Waals surface area contributed by atoms with Gasteiger partial charge in [-0.15, -0.1) is 11.3 Å². The number of rotatable bonds is 8. The van der Waals surface area contributed by atoms with E-state index in [-0.39, 0.29) is 23.8 Å². The first-order chi connectivity index (χ1) is 17.0. The highest BCUT2D eigenvalue weighted by Gasteiger charge is 2.43. The highest BCUT2D eigenvalue weighted by molar-refractivity contribution is 7.91. The number of fused-ring (bicyclic) bond motifs is 1. The first kappa shape index (κ1) is 26.1. The smallest absolute Gasteiger partial charge is 0.305 e. The summed E-state index contributed by atoms with van der Waals surface area (Å²) in [6.07, 6.45) is 1.09. The number of carboxylic acid groups (broad SMARTS) is 1. The van der Waals surface area contributed by atoms with Crippen LogP contribution in [0.5, 0.6) is 0 Å². The lowest BCUT2D eigenvalue weighted by atomic mass is 10.1. The molecule has 3 aromatic rings. The fraction of sp³-hybridized carbons (Fsp3) is 0.292. The lowest BCUT2D eigenvalue weighted by Crippen LogP contribution is -2.58. The van der Waals surface area contributed by atoms with Crippen LogP contribution < -0.4 is 0 Å². The van der Waals surface area contributed by atoms with Gasteiger partial charge in [0.15, 0.2) is 0 Å². The average molecular weight is 549 g/mol. The van der Waals surface area contributed by atoms with Crippen LogP contribution in [0.25, 0.3) is 10.1 Å². The molecule has 1 aliphatic rings. The van der Waals surface area contributed by atoms with Crippen molar-refractivity contribution in [2.75, 3.05) is 27.2 Å². The molecule has 0 bridgehead atoms. The maximum atomic E-state index is 13.5. The molecular weight excluding hydrogens is 524 g/mol. The van der Waals surface area contributed by atoms with Gasteiger partial charge in [0.2, 0.25) is 5.91 Å². The average Bonchev–Trinajstić information content (AvgIpc) is 3.25. The molecule has 12 heteroatoms. The van der Waals surface area contributed by atoms with Gasteiger partial charge in [-0.1, -0.05) is 41.9 Å². The van der Waals surface area contributed by atoms with Crippen LogP contribution in [0.4, 0.5) is 0 Å². The van der Waals surface area contributed by atoms with Crippen molar-refractivity contribution in [2.45, 2.75) is 23.2 Å². The number of nitrogens with zero attached hydrogens (tertiary/aromatic N) is 4. The van der Waals surface area contributed by atoms with Gasteiger partial charge in [-0.3, -0.25) is 9.59 Å². The number of amides is 1. The number of halogens is 1. The summed E-state index contributed by atoms with van der Waals surface area (Å²) in [6.45, 7) is 0.388. The molecule has 36 heavy (non-hydrogen) atoms. The van der Waals surface area contributed by atoms with Crippen molar-refractivity contribution in [2.24, 2.45) is 5.10 Å². The number of hydrazone groups is 1. The third kappa shape index (κ3) is 5.70. The number of piperazine rings is 1. The van der Waals surface area contributed by atoms with Gasteiger partial charge in [0.25, 0.3) is 10.0 Å². The molecule has 0 aliphatic carbocycles. The van der Waals surface area contributed by atoms with Crippen molar-refractivity contribution in [3.63, 3.8) is 0 Å². The lowest BCUT2D eigenvalue weighted by molar-refractivity contribution is -0.147. The molecule has 1 aliphatic heterocycles. The molecule has 1 aromatic heterocycles. The molecule has 1 atom stereocenters. The molecule has 1 unspecified atom stereocenters. The first-order valence-corrected chi connectivity index (χ1v) is 13.7. The summed E-state index contributed by atoms with van der Waals surface area (Å²) in [5, 5.41) is 16.5. The molecule has 190 valence electrons. The SMILES string of the molecule is CN(C)/N=C/c1ccc(CN2CCN(S(=O)(=O)c3cc4ccc(Cl)cc4s3)C(CC(=O)O)C2=O)cc1. The van der Waals surface area contributed by atoms with Crippen LogP contribution >= 0.6 is 22.9 Å². The summed E-state index contributed by atoms with van der Waals surface area (Å²) in [4.78, 5) is 26.4. The van der Waals surface area contributed by atoms with Crippen LogP contribution in [0.2, 0.25) is 5.02 Å². The minimum absolute atomic E-state index is 0.00536. The third-order valence-corrected chi connectivity index (χ3v) is 9.41. The predicted molar refractivity (Wildman–Crippen MR) is 140 cm³/mol. The van der Waals surface area contributed by atoms with Crippen molar-refractivity contribution < 1.29 is 23.1 Å². The second kappa shape index (κ2) is 10.6. The number of carboxylic acids is 1. The summed E-state index contributed by atoms with van der Waals surface area (Å²) < 4.78 is 28.8. The van der Waals surface area contributed by atoms with E-state index in [1.807, 2.05) is 38.4 Å². The van der Waals surface area contributed by atoms with Crippen LogP contribution in [0.3, 0.4) is 0 Å². The number of hydrogen-bond acceptors (Lipinski definition) is 7. The molecule has 0 radical (unpaired) electrons. The molecule has 9 nitrogen and oxygen atoms in total. The molecule has 4 rings (SSSR count). The molecule has 2 aromatic carbocycles. The van der Waals surface area contributed by atoms with Crippen LogP contribution in [-0.2, 0) is 26.2 Å². The third-order valence-electron chi connectivity index (χ3n) is 5.72. The quantitative estimate of drug-likeness (QED) is 0.341. The van der Waals surface area contributed by atoms with Gasteiger partial charge in [0.1, 0.15) is 10.3 Å². The Kier molecular flexibility index (Phi) is 7.65. The molecular formula is C24H25ClN4O5S2. The topological polar surface area (TPSA) is 111 Å². The summed E-state index contributed by atoms with van der Waals surface area (Å²) in [7, 11) is -0.461. The van der Waals surface area contributed by atoms with Gasteiger partial charge < -0.3 is 15.0 Å². The van der Waals surface area contributed by atoms with E-state index in [9.17, 15) is 23.1 Å². The fourth-order valence-corrected chi connectivity index (χ4v) is 7.33. The van der Waals surface area contributed by atoms with Crippen LogP contribution in [-0.4, -0.2) is 79.1 Å². The summed E-state index contributed by atoms with van der Waals surface area (Å²) >= 11 is 7.08. The van der Waals surface area contributed by atoms with E-state index in [1.165, 1.54) is 11.0 Å². The van der Waals surface area contributed by atoms with Crippen molar-refractivity contribution in [1.29, 1.82) is 0 Å². The molecule has 1 fully saturated rings. The second-order valence-electron chi connectivity index (χ2n) is 8.57. The van der Waals surface area contributed by atoms with E-state index in [2.05, 4.69) is 5.10 Å². The first-order valence-electron chi connectivity index (χ1n) is 11.1. The Bertz CT molecular complexity index is 1420. The maximum absolute atomic E-state index is 13.5. The number of sulfonamides is 1. The van der Waals surface area contributed by atoms with E-state index >= 15 is 0 Å². The zero-order valence-electron chi connectivity index (χ0n) is 19.7. The Hall–Kier alpha value is -2.99. The van der Waals surface area contributed by atoms with Gasteiger partial charge >= 0.3 is 5.97 Å². The Morgan fingerprint density at radius 1 is 1.19 bits per heavy atom. The van der Waals surface area contributed by atoms with E-state index in [0.29, 0.717) is 15.1 Å². The van der Waals surface area contributed by atoms with Gasteiger partial charge in [-0.05, 0) is 34.7 Å². The van der Waals surface area contributed by atoms with Gasteiger partial charge in [-0.2, -0.15) is 9.41 Å². The minimum atomic E-state index is -4.10. The normalized spacial score (nSPS) is 17.2. The molecule has 1 amide bonds. The van der Waals surface area contributed by atoms with Crippen molar-refractivity contribution in [1.82, 2.24) is 14.2 Å². The maximum Gasteiger partial charge on any atom is 0.305 e. The van der Waals surface area contributed by atoms with Crippen LogP contribution in [0.15, 0.2) is 57.8 Å². The second-order valence-corrected chi connectivity index (χ2v) is 12.2. The zero-order chi connectivity index (χ0) is 26.0. The predicted octanol–water partition coefficient (Wildman–Crippen LogP) is 3.33. The highest BCUT2D eigenvalue weighted by Crippen LogP contribution is 2.34. The highest BCUT2D eigenvalue weighted by atomic mass is 35.5. The van der Waals surface area contributed by atoms with Gasteiger partial charge in [0, 0.05) is 43.5 Å². The number of thiophene rings is 1. The number of benzene rings is 2. The Morgan fingerprint density at radius 3 is 2.58 bits per heavy atom. The van der Waals surface area contributed by atoms with Crippen molar-refractivity contribution in [3.8, 4) is 0 Å². The van der Waals surface area contributed by atoms with Crippen molar-refractivity contribution >= 4 is 61.1 Å². The van der Waals surface area contributed by atoms with Crippen LogP contribution in [0, 0.1) is 0 Å². The Morgan fingerprint density at radius 2 is 1.92 bits per heavy atom. The van der Waals surface area contributed by atoms with Crippen molar-refractivity contribution in [3.05, 3.63) is 64.7 Å². The molecule has 0 saturated carbocycles. The largest absolute Gasteiger partial charge is 0.481 e. The summed E-state index contributed by atoms with van der Waals surface area (Å²) in [5.74, 6) is -1.78. The van der Waals surface area contributed by atoms with E-state index in [1.54, 1.807) is 29.4 Å². The standard InChI is InChI=1S/C24H25ClN4O5S2/c1-27(2)26-14-16-3-5-17(6-4-16)15-28-9-10-29(20(24(28)32)13-22(30)31)36(33,34)23-11-18-7-8-19(25)12-21(18)35-23/h3-8,11-12,14,20H,9-10,13,15H2,1-2H3,(H,30,31)/b26-14+. The number of carbonyl (C=O) groups is 2. The monoisotopic (exact) mass is 548 g/mol. The van der Waals surface area contributed by atoms with Gasteiger partial charge in [0.05, 0.1) is 12.6 Å². The summed E-state index contributed by atoms with van der Waals surface area (Å²) in [5.41, 5.74) is 1.74. The number of hydrogen-bond donors (Lipinski definition) is 1. The summed E-state index contributed by atoms with van der Waals surface area (Å²) in [6, 6.07) is 12.7. The molecule has 1 saturated heterocycles. The number of carbonyl (C=O) groups excluding carboxylic acids is 1. The lowest BCUT2D eigenvalue weighted by Gasteiger charge is -2.39. The minimum Gasteiger partial charge on any atom is -0.481 e. The van der Waals surface area contributed by atoms with Crippen LogP contribution in [0.1, 0.15) is 17.5 Å². The van der Waals surface area contributed by atoms with Gasteiger partial charge in [-0.25, -0.2) is 8.42 Å². The Balaban J connectivity index is 1.56. The fourth-order valence-electron chi connectivity index (χ4n) is 3.95. The zero-order valence-corrected chi connectivity index (χ0v) is 22.1. The van der Waals surface area contributed by atoms with E-state index in [4.69, 9.17) is 11.6 Å². The molecule has 1 N–H and O–H groups in total. The molecule has 0 spiro atoms. The van der Waals surface area contributed by atoms with E-state index < -0.39 is 34.4 Å².